The number of carbonyl (C=O) groups excluding carboxylic acids is 5. The number of Topliss-reactive ketones (excluding diaryl/α,β-unsaturated/α-hetero) is 1. The van der Waals surface area contributed by atoms with Crippen molar-refractivity contribution in [3.8, 4) is 22.3 Å². The fraction of sp³-hybridized carbons (Fsp3) is 0.540. The number of hydrogen-bond acceptors (Lipinski definition) is 17. The number of nitrogens with zero attached hydrogens (tertiary/aromatic N) is 9. The summed E-state index contributed by atoms with van der Waals surface area (Å²) < 4.78 is 22.6. The monoisotopic (exact) mass is 1240 g/mol. The Morgan fingerprint density at radius 1 is 0.682 bits per heavy atom. The summed E-state index contributed by atoms with van der Waals surface area (Å²) in [5.41, 5.74) is 12.2. The maximum atomic E-state index is 12.7. The van der Waals surface area contributed by atoms with Crippen molar-refractivity contribution in [1.29, 1.82) is 0 Å². The van der Waals surface area contributed by atoms with Crippen LogP contribution in [-0.4, -0.2) is 130 Å². The third-order valence-corrected chi connectivity index (χ3v) is 21.9. The summed E-state index contributed by atoms with van der Waals surface area (Å²) in [7, 11) is -2.64. The molecule has 0 radical (unpaired) electrons. The molecule has 12 rings (SSSR count). The highest BCUT2D eigenvalue weighted by molar-refractivity contribution is 6.76. The van der Waals surface area contributed by atoms with Crippen molar-refractivity contribution in [3.05, 3.63) is 89.5 Å². The predicted molar refractivity (Wildman–Crippen MR) is 341 cm³/mol. The Balaban J connectivity index is 0.000000197. The van der Waals surface area contributed by atoms with Crippen molar-refractivity contribution in [2.24, 2.45) is 11.8 Å². The molecule has 6 fully saturated rings. The molecule has 8 atom stereocenters. The van der Waals surface area contributed by atoms with Crippen molar-refractivity contribution >= 4 is 74.5 Å². The minimum absolute atomic E-state index is 0.119. The molecule has 25 heteroatoms. The smallest absolute Gasteiger partial charge is 0.322 e. The number of urea groups is 2. The van der Waals surface area contributed by atoms with Gasteiger partial charge in [0.2, 0.25) is 0 Å². The van der Waals surface area contributed by atoms with Crippen LogP contribution in [0.2, 0.25) is 51.4 Å². The summed E-state index contributed by atoms with van der Waals surface area (Å²) >= 11 is 0. The summed E-state index contributed by atoms with van der Waals surface area (Å²) in [6, 6.07) is 9.09. The van der Waals surface area contributed by atoms with E-state index >= 15 is 0 Å². The number of fused-ring (bicyclic) bond motifs is 6. The van der Waals surface area contributed by atoms with Gasteiger partial charge in [-0.1, -0.05) is 70.8 Å². The standard InChI is InChI=1S/C39H59N7O5Si2.C24H26N8O3/c1-10-51-26(2)33-34(30-20-27-11-12-28(19-27)21-30)42-35-31(29-13-14-32(40-22-29)39(3)37(47)43-38(48)44-39)23-41-46(35)36(33)45(24-49-15-17-52(4,5)6)25-50-16-18-53(7,8)9;1-11(33)18-19(13-7-14-4-5-15(8-13)28-14)29-21-16(10-27-32(21)20(18)25)12-3-6-17(26-9-12)24(2)22(34)30-23(35)31-24/h13-14,22-23,27-28,30H,2,10-12,15-21,24-25H2,1,3-9H3,(H2,43,44,47,48);3,6,9-10,13-15,28H,4-5,7-8,25H2,1-2H3,(H2,30,31,34,35)/t27-,28+,30?,39?;13?,14-,15+,24?. The molecule has 468 valence electrons. The first-order valence-electron chi connectivity index (χ1n) is 31.1. The van der Waals surface area contributed by atoms with Gasteiger partial charge in [-0.2, -0.15) is 19.2 Å². The molecule has 6 aliphatic rings. The summed E-state index contributed by atoms with van der Waals surface area (Å²) in [4.78, 5) is 82.9. The van der Waals surface area contributed by atoms with E-state index in [9.17, 15) is 24.0 Å². The van der Waals surface area contributed by atoms with Gasteiger partial charge in [0.1, 0.15) is 30.9 Å². The molecule has 23 nitrogen and oxygen atoms in total. The van der Waals surface area contributed by atoms with Crippen LogP contribution in [0.1, 0.15) is 136 Å². The molecule has 4 unspecified atom stereocenters. The number of rotatable bonds is 21. The van der Waals surface area contributed by atoms with Crippen LogP contribution < -0.4 is 37.2 Å². The van der Waals surface area contributed by atoms with Gasteiger partial charge in [0.05, 0.1) is 52.9 Å². The van der Waals surface area contributed by atoms with Crippen molar-refractivity contribution in [3.63, 3.8) is 0 Å². The minimum atomic E-state index is -1.32. The molecule has 6 aromatic heterocycles. The summed E-state index contributed by atoms with van der Waals surface area (Å²) in [6.45, 7) is 27.8. The van der Waals surface area contributed by atoms with Crippen LogP contribution in [0, 0.1) is 11.8 Å². The number of hydrogen-bond donors (Lipinski definition) is 6. The molecule has 7 N–H and O–H groups in total. The lowest BCUT2D eigenvalue weighted by molar-refractivity contribution is -0.124. The summed E-state index contributed by atoms with van der Waals surface area (Å²) in [5, 5.41) is 22.9. The number of carbonyl (C=O) groups is 5. The highest BCUT2D eigenvalue weighted by Crippen LogP contribution is 2.51. The third-order valence-electron chi connectivity index (χ3n) is 18.5. The van der Waals surface area contributed by atoms with Gasteiger partial charge in [-0.05, 0) is 109 Å². The highest BCUT2D eigenvalue weighted by Gasteiger charge is 2.46. The van der Waals surface area contributed by atoms with E-state index in [1.54, 1.807) is 44.6 Å². The number of nitrogen functional groups attached to an aromatic ring is 1. The molecule has 2 aliphatic carbocycles. The van der Waals surface area contributed by atoms with Crippen molar-refractivity contribution in [2.75, 3.05) is 43.9 Å². The SMILES string of the molecule is C=C(OCC)c1c(C2C[C@H]3CC[C@@H](C2)C3)nc2c(-c3ccc(C4(C)NC(=O)NC4=O)nc3)cnn2c1N(COCC[Si](C)(C)C)COCC[Si](C)(C)C.CC(=O)c1c(C2C[C@H]3CC[C@@H](C2)N3)nc2c(-c3ccc(C4(C)NC(=O)NC4=O)nc3)cnn2c1N. The normalized spacial score (nSPS) is 24.9. The summed E-state index contributed by atoms with van der Waals surface area (Å²) in [6.07, 6.45) is 16.9. The maximum Gasteiger partial charge on any atom is 0.322 e. The van der Waals surface area contributed by atoms with E-state index in [-0.39, 0.29) is 23.4 Å². The van der Waals surface area contributed by atoms with Gasteiger partial charge in [0.25, 0.3) is 11.8 Å². The average molecular weight is 1240 g/mol. The van der Waals surface area contributed by atoms with E-state index in [4.69, 9.17) is 35.0 Å². The lowest BCUT2D eigenvalue weighted by atomic mass is 9.78. The first-order chi connectivity index (χ1) is 41.8. The molecular weight excluding hydrogens is 1150 g/mol. The minimum Gasteiger partial charge on any atom is -0.494 e. The van der Waals surface area contributed by atoms with Gasteiger partial charge >= 0.3 is 12.1 Å². The Kier molecular flexibility index (Phi) is 17.3. The highest BCUT2D eigenvalue weighted by atomic mass is 28.3. The largest absolute Gasteiger partial charge is 0.494 e. The fourth-order valence-electron chi connectivity index (χ4n) is 13.6. The molecule has 4 bridgehead atoms. The number of aromatic nitrogens is 8. The van der Waals surface area contributed by atoms with E-state index in [0.717, 1.165) is 90.1 Å². The van der Waals surface area contributed by atoms with Gasteiger partial charge in [-0.3, -0.25) is 35.0 Å². The average Bonchev–Trinajstić information content (AvgIpc) is 1.55. The van der Waals surface area contributed by atoms with Crippen molar-refractivity contribution in [2.45, 2.75) is 172 Å². The van der Waals surface area contributed by atoms with E-state index in [0.29, 0.717) is 96.8 Å². The second-order valence-corrected chi connectivity index (χ2v) is 38.9. The molecule has 4 aliphatic heterocycles. The quantitative estimate of drug-likeness (QED) is 0.00977. The third kappa shape index (κ3) is 12.6. The topological polar surface area (TPSA) is 289 Å². The molecule has 10 heterocycles. The zero-order valence-electron chi connectivity index (χ0n) is 52.5. The van der Waals surface area contributed by atoms with Gasteiger partial charge in [0.15, 0.2) is 28.2 Å². The Hall–Kier alpha value is -7.46. The van der Waals surface area contributed by atoms with Crippen LogP contribution in [0.25, 0.3) is 39.3 Å². The molecule has 0 aromatic carbocycles. The Morgan fingerprint density at radius 2 is 1.16 bits per heavy atom. The maximum absolute atomic E-state index is 12.7. The predicted octanol–water partition coefficient (Wildman–Crippen LogP) is 9.21. The van der Waals surface area contributed by atoms with Crippen LogP contribution in [0.5, 0.6) is 0 Å². The van der Waals surface area contributed by atoms with Gasteiger partial charge in [-0.15, -0.1) is 0 Å². The number of nitrogens with two attached hydrogens (primary N) is 1. The van der Waals surface area contributed by atoms with Crippen molar-refractivity contribution < 1.29 is 38.2 Å². The Morgan fingerprint density at radius 3 is 1.60 bits per heavy atom. The number of ketones is 1. The second kappa shape index (κ2) is 24.5. The Labute approximate surface area is 515 Å². The van der Waals surface area contributed by atoms with E-state index < -0.39 is 51.1 Å². The van der Waals surface area contributed by atoms with E-state index in [1.165, 1.54) is 30.7 Å². The lowest BCUT2D eigenvalue weighted by Crippen LogP contribution is -2.41. The molecule has 0 spiro atoms. The van der Waals surface area contributed by atoms with Crippen LogP contribution in [-0.2, 0) is 34.9 Å². The van der Waals surface area contributed by atoms with Gasteiger partial charge < -0.3 is 40.8 Å². The molecule has 6 amide bonds. The first kappa shape index (κ1) is 62.2. The van der Waals surface area contributed by atoms with E-state index in [2.05, 4.69) is 92.4 Å². The molecule has 6 aromatic rings. The fourth-order valence-corrected chi connectivity index (χ4v) is 15.1. The van der Waals surface area contributed by atoms with Crippen LogP contribution >= 0.6 is 0 Å². The lowest BCUT2D eigenvalue weighted by Gasteiger charge is -2.33. The van der Waals surface area contributed by atoms with E-state index in [1.807, 2.05) is 29.8 Å². The van der Waals surface area contributed by atoms with Crippen LogP contribution in [0.3, 0.4) is 0 Å². The number of pyridine rings is 2. The number of anilines is 2. The Bertz CT molecular complexity index is 3650. The molecule has 4 saturated heterocycles. The molecule has 2 saturated carbocycles. The summed E-state index contributed by atoms with van der Waals surface area (Å²) in [5.74, 6) is 2.43. The second-order valence-electron chi connectivity index (χ2n) is 27.6. The van der Waals surface area contributed by atoms with Crippen LogP contribution in [0.15, 0.2) is 55.6 Å². The van der Waals surface area contributed by atoms with Crippen LogP contribution in [0.4, 0.5) is 21.2 Å². The van der Waals surface area contributed by atoms with Gasteiger partial charge in [0, 0.05) is 87.9 Å². The molecular formula is C63H85N15O8Si2. The number of piperidine rings is 1. The van der Waals surface area contributed by atoms with Crippen molar-refractivity contribution in [1.82, 2.24) is 65.7 Å². The molecule has 88 heavy (non-hydrogen) atoms. The first-order valence-corrected chi connectivity index (χ1v) is 38.5. The zero-order valence-corrected chi connectivity index (χ0v) is 54.5. The number of ether oxygens (including phenoxy) is 3. The number of amides is 6. The zero-order chi connectivity index (χ0) is 62.6. The number of imide groups is 2. The number of nitrogens with one attached hydrogen (secondary N) is 5. The van der Waals surface area contributed by atoms with Gasteiger partial charge in [-0.25, -0.2) is 19.6 Å².